The maximum atomic E-state index is 12.6. The second-order valence-electron chi connectivity index (χ2n) is 6.76. The molecule has 0 unspecified atom stereocenters. The fourth-order valence-corrected chi connectivity index (χ4v) is 2.50. The minimum atomic E-state index is -0.947. The van der Waals surface area contributed by atoms with Crippen LogP contribution >= 0.6 is 11.6 Å². The van der Waals surface area contributed by atoms with E-state index >= 15 is 0 Å². The molecule has 160 valence electrons. The second-order valence-corrected chi connectivity index (χ2v) is 7.03. The van der Waals surface area contributed by atoms with Gasteiger partial charge in [0.15, 0.2) is 0 Å². The molecule has 4 amide bonds. The van der Waals surface area contributed by atoms with Crippen molar-refractivity contribution in [3.8, 4) is 0 Å². The number of halogens is 1. The van der Waals surface area contributed by atoms with E-state index in [1.165, 1.54) is 0 Å². The number of ether oxygens (including phenoxy) is 1. The largest absolute Gasteiger partial charge is 0.445 e. The summed E-state index contributed by atoms with van der Waals surface area (Å²) in [6, 6.07) is 8.15. The van der Waals surface area contributed by atoms with E-state index in [1.54, 1.807) is 12.1 Å². The predicted octanol–water partition coefficient (Wildman–Crippen LogP) is 1.30. The number of hydrogen-bond acceptors (Lipinski definition) is 5. The molecule has 0 aliphatic heterocycles. The van der Waals surface area contributed by atoms with Crippen LogP contribution in [0.4, 0.5) is 4.79 Å². The van der Waals surface area contributed by atoms with Gasteiger partial charge in [0.2, 0.25) is 5.91 Å². The summed E-state index contributed by atoms with van der Waals surface area (Å²) < 4.78 is 5.15. The first-order chi connectivity index (χ1) is 13.7. The van der Waals surface area contributed by atoms with E-state index in [1.807, 2.05) is 32.0 Å². The van der Waals surface area contributed by atoms with E-state index in [4.69, 9.17) is 22.1 Å². The molecule has 0 radical (unpaired) electrons. The van der Waals surface area contributed by atoms with Gasteiger partial charge in [0, 0.05) is 6.42 Å². The van der Waals surface area contributed by atoms with E-state index in [9.17, 15) is 19.2 Å². The van der Waals surface area contributed by atoms with Gasteiger partial charge in [-0.25, -0.2) is 4.79 Å². The Morgan fingerprint density at radius 2 is 1.83 bits per heavy atom. The number of nitrogens with two attached hydrogens (primary N) is 1. The maximum Gasteiger partial charge on any atom is 0.408 e. The highest BCUT2D eigenvalue weighted by Crippen LogP contribution is 2.07. The van der Waals surface area contributed by atoms with Crippen molar-refractivity contribution < 1.29 is 23.9 Å². The van der Waals surface area contributed by atoms with Crippen LogP contribution in [0.3, 0.4) is 0 Å². The van der Waals surface area contributed by atoms with Gasteiger partial charge in [0.1, 0.15) is 18.5 Å². The summed E-state index contributed by atoms with van der Waals surface area (Å²) >= 11 is 5.54. The number of carbonyl (C=O) groups is 4. The highest BCUT2D eigenvalue weighted by atomic mass is 35.5. The molecule has 29 heavy (non-hydrogen) atoms. The third-order valence-corrected chi connectivity index (χ3v) is 4.00. The average molecular weight is 427 g/mol. The van der Waals surface area contributed by atoms with Crippen LogP contribution in [-0.2, 0) is 25.7 Å². The van der Waals surface area contributed by atoms with Crippen LogP contribution in [0, 0.1) is 5.92 Å². The molecule has 4 N–H and O–H groups in total. The lowest BCUT2D eigenvalue weighted by molar-refractivity contribution is -0.141. The lowest BCUT2D eigenvalue weighted by atomic mass is 10.0. The number of alkyl carbamates (subject to hydrolysis) is 1. The molecule has 10 heteroatoms. The molecule has 0 saturated carbocycles. The molecule has 1 atom stereocenters. The minimum Gasteiger partial charge on any atom is -0.445 e. The molecule has 0 bridgehead atoms. The van der Waals surface area contributed by atoms with Crippen LogP contribution < -0.4 is 16.5 Å². The third kappa shape index (κ3) is 9.79. The van der Waals surface area contributed by atoms with Crippen molar-refractivity contribution in [1.29, 1.82) is 0 Å². The molecule has 1 aromatic carbocycles. The van der Waals surface area contributed by atoms with Gasteiger partial charge >= 0.3 is 6.09 Å². The summed E-state index contributed by atoms with van der Waals surface area (Å²) in [4.78, 5) is 47.6. The first-order valence-corrected chi connectivity index (χ1v) is 9.68. The molecule has 0 heterocycles. The maximum absolute atomic E-state index is 12.6. The molecule has 0 aromatic heterocycles. The summed E-state index contributed by atoms with van der Waals surface area (Å²) in [5, 5.41) is 3.43. The average Bonchev–Trinajstić information content (AvgIpc) is 2.68. The number of primary amides is 1. The number of carbonyl (C=O) groups excluding carboxylic acids is 4. The molecule has 0 aliphatic carbocycles. The summed E-state index contributed by atoms with van der Waals surface area (Å²) in [5.74, 6) is -2.18. The van der Waals surface area contributed by atoms with E-state index < -0.39 is 29.9 Å². The van der Waals surface area contributed by atoms with Gasteiger partial charge in [0.05, 0.1) is 6.54 Å². The van der Waals surface area contributed by atoms with Gasteiger partial charge in [-0.3, -0.25) is 24.8 Å². The van der Waals surface area contributed by atoms with Crippen molar-refractivity contribution in [3.05, 3.63) is 35.9 Å². The smallest absolute Gasteiger partial charge is 0.408 e. The van der Waals surface area contributed by atoms with Gasteiger partial charge in [0.25, 0.3) is 11.8 Å². The minimum absolute atomic E-state index is 0.0537. The van der Waals surface area contributed by atoms with Crippen LogP contribution in [-0.4, -0.2) is 47.3 Å². The third-order valence-electron chi connectivity index (χ3n) is 3.77. The first-order valence-electron chi connectivity index (χ1n) is 9.15. The summed E-state index contributed by atoms with van der Waals surface area (Å²) in [7, 11) is 0. The summed E-state index contributed by atoms with van der Waals surface area (Å²) in [5.41, 5.74) is 8.28. The molecule has 0 fully saturated rings. The van der Waals surface area contributed by atoms with Gasteiger partial charge in [-0.05, 0) is 17.9 Å². The zero-order chi connectivity index (χ0) is 21.8. The lowest BCUT2D eigenvalue weighted by Crippen LogP contribution is -2.55. The number of nitrogens with zero attached hydrogens (tertiary/aromatic N) is 1. The van der Waals surface area contributed by atoms with Gasteiger partial charge in [-0.1, -0.05) is 44.2 Å². The number of hydrazine groups is 1. The topological polar surface area (TPSA) is 131 Å². The van der Waals surface area contributed by atoms with Crippen LogP contribution in [0.1, 0.15) is 32.3 Å². The van der Waals surface area contributed by atoms with E-state index in [0.717, 1.165) is 10.6 Å². The van der Waals surface area contributed by atoms with Gasteiger partial charge in [-0.2, -0.15) is 0 Å². The quantitative estimate of drug-likeness (QED) is 0.383. The van der Waals surface area contributed by atoms with Crippen molar-refractivity contribution in [2.24, 2.45) is 11.7 Å². The number of amides is 4. The molecule has 1 rings (SSSR count). The molecule has 1 aromatic rings. The van der Waals surface area contributed by atoms with Crippen LogP contribution in [0.15, 0.2) is 30.3 Å². The zero-order valence-electron chi connectivity index (χ0n) is 16.5. The van der Waals surface area contributed by atoms with Crippen LogP contribution in [0.2, 0.25) is 0 Å². The first kappa shape index (κ1) is 24.2. The van der Waals surface area contributed by atoms with Gasteiger partial charge in [-0.15, -0.1) is 11.6 Å². The predicted molar refractivity (Wildman–Crippen MR) is 107 cm³/mol. The van der Waals surface area contributed by atoms with Crippen molar-refractivity contribution >= 4 is 35.4 Å². The number of rotatable bonds is 10. The van der Waals surface area contributed by atoms with Gasteiger partial charge < -0.3 is 15.8 Å². The zero-order valence-corrected chi connectivity index (χ0v) is 17.3. The van der Waals surface area contributed by atoms with E-state index in [2.05, 4.69) is 10.7 Å². The standard InChI is InChI=1S/C19H27ClN4O5/c1-13(2)10-15(22-19(28)29-12-14-6-4-3-5-7-14)18(27)23-24(17(26)11-20)9-8-16(21)25/h3-7,13,15H,8-12H2,1-2H3,(H2,21,25)(H,22,28)(H,23,27)/t15-/m0/s1. The van der Waals surface area contributed by atoms with Crippen LogP contribution in [0.5, 0.6) is 0 Å². The monoisotopic (exact) mass is 426 g/mol. The Labute approximate surface area is 174 Å². The number of benzene rings is 1. The second kappa shape index (κ2) is 12.6. The summed E-state index contributed by atoms with van der Waals surface area (Å²) in [6.07, 6.45) is -0.600. The van der Waals surface area contributed by atoms with E-state index in [-0.39, 0.29) is 31.4 Å². The Bertz CT molecular complexity index is 699. The Kier molecular flexibility index (Phi) is 10.5. The molecular weight excluding hydrogens is 400 g/mol. The molecule has 9 nitrogen and oxygen atoms in total. The molecule has 0 spiro atoms. The normalized spacial score (nSPS) is 11.4. The molecular formula is C19H27ClN4O5. The lowest BCUT2D eigenvalue weighted by Gasteiger charge is -2.26. The van der Waals surface area contributed by atoms with Crippen molar-refractivity contribution in [1.82, 2.24) is 15.8 Å². The Hall–Kier alpha value is -2.81. The number of alkyl halides is 1. The Balaban J connectivity index is 2.72. The summed E-state index contributed by atoms with van der Waals surface area (Å²) in [6.45, 7) is 3.69. The Morgan fingerprint density at radius 1 is 1.17 bits per heavy atom. The Morgan fingerprint density at radius 3 is 2.38 bits per heavy atom. The molecule has 0 saturated heterocycles. The fraction of sp³-hybridized carbons (Fsp3) is 0.474. The van der Waals surface area contributed by atoms with Crippen molar-refractivity contribution in [3.63, 3.8) is 0 Å². The molecule has 0 aliphatic rings. The van der Waals surface area contributed by atoms with Crippen molar-refractivity contribution in [2.45, 2.75) is 39.3 Å². The van der Waals surface area contributed by atoms with Crippen molar-refractivity contribution in [2.75, 3.05) is 12.4 Å². The fourth-order valence-electron chi connectivity index (χ4n) is 2.36. The van der Waals surface area contributed by atoms with Crippen LogP contribution in [0.25, 0.3) is 0 Å². The highest BCUT2D eigenvalue weighted by Gasteiger charge is 2.26. The number of nitrogens with one attached hydrogen (secondary N) is 2. The van der Waals surface area contributed by atoms with E-state index in [0.29, 0.717) is 6.42 Å². The SMILES string of the molecule is CC(C)C[C@H](NC(=O)OCc1ccccc1)C(=O)NN(CCC(N)=O)C(=O)CCl. The highest BCUT2D eigenvalue weighted by molar-refractivity contribution is 6.27. The number of hydrogen-bond donors (Lipinski definition) is 3.